The number of ether oxygens (including phenoxy) is 1. The first kappa shape index (κ1) is 18.5. The molecule has 0 aliphatic rings. The molecule has 0 unspecified atom stereocenters. The second-order valence-corrected chi connectivity index (χ2v) is 4.21. The van der Waals surface area contributed by atoms with Gasteiger partial charge in [0.2, 0.25) is 0 Å². The Morgan fingerprint density at radius 1 is 0.750 bits per heavy atom. The molecule has 0 aliphatic heterocycles. The molecular weight excluding hydrogens is 268 g/mol. The first-order chi connectivity index (χ1) is 9.66. The lowest BCUT2D eigenvalue weighted by Gasteiger charge is -2.10. The Kier molecular flexibility index (Phi) is 9.57. The predicted octanol–water partition coefficient (Wildman–Crippen LogP) is 6.80. The highest BCUT2D eigenvalue weighted by Gasteiger charge is 2.03. The van der Waals surface area contributed by atoms with E-state index in [2.05, 4.69) is 0 Å². The summed E-state index contributed by atoms with van der Waals surface area (Å²) in [6.45, 7) is 12.0. The maximum absolute atomic E-state index is 5.90. The Hall–Kier alpha value is -1.47. The van der Waals surface area contributed by atoms with Gasteiger partial charge in [-0.25, -0.2) is 0 Å². The van der Waals surface area contributed by atoms with Gasteiger partial charge in [0.1, 0.15) is 11.5 Å². The summed E-state index contributed by atoms with van der Waals surface area (Å²) in [5, 5.41) is 0.731. The smallest absolute Gasteiger partial charge is 0.130 e. The summed E-state index contributed by atoms with van der Waals surface area (Å²) in [7, 11) is 0. The summed E-state index contributed by atoms with van der Waals surface area (Å²) < 4.78 is 5.84. The number of rotatable bonds is 2. The zero-order valence-electron chi connectivity index (χ0n) is 13.3. The van der Waals surface area contributed by atoms with Gasteiger partial charge in [0, 0.05) is 5.02 Å². The van der Waals surface area contributed by atoms with Crippen LogP contribution in [0.25, 0.3) is 0 Å². The number of benzene rings is 2. The molecular formula is C18H25ClO. The van der Waals surface area contributed by atoms with Crippen LogP contribution in [0.5, 0.6) is 11.5 Å². The van der Waals surface area contributed by atoms with Crippen LogP contribution in [0, 0.1) is 13.8 Å². The number of aryl methyl sites for hydroxylation is 2. The van der Waals surface area contributed by atoms with E-state index in [0.29, 0.717) is 0 Å². The van der Waals surface area contributed by atoms with Crippen molar-refractivity contribution in [3.8, 4) is 11.5 Å². The summed E-state index contributed by atoms with van der Waals surface area (Å²) >= 11 is 5.90. The van der Waals surface area contributed by atoms with Crippen molar-refractivity contribution in [1.82, 2.24) is 0 Å². The van der Waals surface area contributed by atoms with Gasteiger partial charge in [-0.2, -0.15) is 0 Å². The van der Waals surface area contributed by atoms with Crippen molar-refractivity contribution in [1.29, 1.82) is 0 Å². The molecule has 0 bridgehead atoms. The predicted molar refractivity (Wildman–Crippen MR) is 90.1 cm³/mol. The van der Waals surface area contributed by atoms with Crippen LogP contribution in [0.1, 0.15) is 38.8 Å². The highest BCUT2D eigenvalue weighted by molar-refractivity contribution is 6.30. The lowest BCUT2D eigenvalue weighted by molar-refractivity contribution is 0.475. The fourth-order valence-corrected chi connectivity index (χ4v) is 1.74. The lowest BCUT2D eigenvalue weighted by Crippen LogP contribution is -1.89. The molecule has 2 rings (SSSR count). The van der Waals surface area contributed by atoms with Gasteiger partial charge >= 0.3 is 0 Å². The minimum Gasteiger partial charge on any atom is -0.457 e. The molecule has 0 aliphatic carbocycles. The van der Waals surface area contributed by atoms with Gasteiger partial charge in [-0.3, -0.25) is 0 Å². The zero-order valence-corrected chi connectivity index (χ0v) is 14.1. The number of hydrogen-bond acceptors (Lipinski definition) is 1. The van der Waals surface area contributed by atoms with Crippen LogP contribution in [0.3, 0.4) is 0 Å². The standard InChI is InChI=1S/C14H13ClO.2C2H6/c1-10-5-3-4-6-13(10)16-14-8-7-12(15)9-11(14)2;2*1-2/h3-9H,1-2H3;2*1-2H3. The van der Waals surface area contributed by atoms with Gasteiger partial charge in [0.25, 0.3) is 0 Å². The maximum Gasteiger partial charge on any atom is 0.130 e. The van der Waals surface area contributed by atoms with Crippen molar-refractivity contribution in [2.75, 3.05) is 0 Å². The number of hydrogen-bond donors (Lipinski definition) is 0. The third kappa shape index (κ3) is 5.66. The Bertz CT molecular complexity index is 507. The Balaban J connectivity index is 0.000000829. The Morgan fingerprint density at radius 3 is 1.85 bits per heavy atom. The summed E-state index contributed by atoms with van der Waals surface area (Å²) in [6, 6.07) is 13.6. The van der Waals surface area contributed by atoms with Crippen molar-refractivity contribution in [2.24, 2.45) is 0 Å². The van der Waals surface area contributed by atoms with Gasteiger partial charge < -0.3 is 4.74 Å². The van der Waals surface area contributed by atoms with Crippen LogP contribution >= 0.6 is 11.6 Å². The second kappa shape index (κ2) is 10.3. The molecule has 1 nitrogen and oxygen atoms in total. The van der Waals surface area contributed by atoms with E-state index in [-0.39, 0.29) is 0 Å². The molecule has 0 spiro atoms. The van der Waals surface area contributed by atoms with Crippen molar-refractivity contribution >= 4 is 11.6 Å². The molecule has 2 heteroatoms. The van der Waals surface area contributed by atoms with Crippen molar-refractivity contribution in [3.05, 3.63) is 58.6 Å². The van der Waals surface area contributed by atoms with Crippen molar-refractivity contribution < 1.29 is 4.74 Å². The highest BCUT2D eigenvalue weighted by atomic mass is 35.5. The molecule has 20 heavy (non-hydrogen) atoms. The minimum atomic E-state index is 0.731. The molecule has 0 fully saturated rings. The van der Waals surface area contributed by atoms with Gasteiger partial charge in [-0.05, 0) is 49.2 Å². The molecule has 2 aromatic rings. The van der Waals surface area contributed by atoms with Gasteiger partial charge in [-0.15, -0.1) is 0 Å². The van der Waals surface area contributed by atoms with Crippen LogP contribution in [0.2, 0.25) is 5.02 Å². The van der Waals surface area contributed by atoms with E-state index in [1.807, 2.05) is 84.0 Å². The van der Waals surface area contributed by atoms with E-state index < -0.39 is 0 Å². The first-order valence-electron chi connectivity index (χ1n) is 7.16. The van der Waals surface area contributed by atoms with Crippen molar-refractivity contribution in [2.45, 2.75) is 41.5 Å². The molecule has 0 N–H and O–H groups in total. The molecule has 0 saturated heterocycles. The third-order valence-corrected chi connectivity index (χ3v) is 2.69. The molecule has 110 valence electrons. The van der Waals surface area contributed by atoms with Crippen molar-refractivity contribution in [3.63, 3.8) is 0 Å². The van der Waals surface area contributed by atoms with Gasteiger partial charge in [0.05, 0.1) is 0 Å². The van der Waals surface area contributed by atoms with E-state index in [1.165, 1.54) is 0 Å². The second-order valence-electron chi connectivity index (χ2n) is 3.78. The minimum absolute atomic E-state index is 0.731. The van der Waals surface area contributed by atoms with E-state index in [4.69, 9.17) is 16.3 Å². The fourth-order valence-electron chi connectivity index (χ4n) is 1.52. The average Bonchev–Trinajstić information content (AvgIpc) is 2.48. The summed E-state index contributed by atoms with van der Waals surface area (Å²) in [4.78, 5) is 0. The van der Waals surface area contributed by atoms with Crippen LogP contribution in [0.4, 0.5) is 0 Å². The summed E-state index contributed by atoms with van der Waals surface area (Å²) in [6.07, 6.45) is 0. The van der Waals surface area contributed by atoms with E-state index in [0.717, 1.165) is 27.6 Å². The third-order valence-electron chi connectivity index (χ3n) is 2.45. The quantitative estimate of drug-likeness (QED) is 0.591. The highest BCUT2D eigenvalue weighted by Crippen LogP contribution is 2.28. The average molecular weight is 293 g/mol. The largest absolute Gasteiger partial charge is 0.457 e. The van der Waals surface area contributed by atoms with Crippen LogP contribution in [0.15, 0.2) is 42.5 Å². The van der Waals surface area contributed by atoms with E-state index in [9.17, 15) is 0 Å². The molecule has 0 aromatic heterocycles. The topological polar surface area (TPSA) is 9.23 Å². The SMILES string of the molecule is CC.CC.Cc1ccccc1Oc1ccc(Cl)cc1C. The Labute approximate surface area is 128 Å². The molecule has 0 heterocycles. The summed E-state index contributed by atoms with van der Waals surface area (Å²) in [5.41, 5.74) is 2.16. The van der Waals surface area contributed by atoms with Gasteiger partial charge in [0.15, 0.2) is 0 Å². The fraction of sp³-hybridized carbons (Fsp3) is 0.333. The molecule has 0 amide bonds. The number of para-hydroxylation sites is 1. The zero-order chi connectivity index (χ0) is 15.5. The maximum atomic E-state index is 5.90. The molecule has 0 saturated carbocycles. The van der Waals surface area contributed by atoms with E-state index in [1.54, 1.807) is 0 Å². The normalized spacial score (nSPS) is 8.75. The number of halogens is 1. The first-order valence-corrected chi connectivity index (χ1v) is 7.54. The van der Waals surface area contributed by atoms with Crippen LogP contribution < -0.4 is 4.74 Å². The van der Waals surface area contributed by atoms with Gasteiger partial charge in [-0.1, -0.05) is 57.5 Å². The molecule has 0 atom stereocenters. The van der Waals surface area contributed by atoms with Crippen LogP contribution in [-0.4, -0.2) is 0 Å². The molecule has 2 aromatic carbocycles. The molecule has 0 radical (unpaired) electrons. The van der Waals surface area contributed by atoms with Crippen LogP contribution in [-0.2, 0) is 0 Å². The van der Waals surface area contributed by atoms with E-state index >= 15 is 0 Å². The summed E-state index contributed by atoms with van der Waals surface area (Å²) in [5.74, 6) is 1.73. The Morgan fingerprint density at radius 2 is 1.30 bits per heavy atom. The monoisotopic (exact) mass is 292 g/mol. The lowest BCUT2D eigenvalue weighted by atomic mass is 10.2.